The third-order valence-electron chi connectivity index (χ3n) is 4.47. The summed E-state index contributed by atoms with van der Waals surface area (Å²) in [5, 5.41) is 20.4. The predicted molar refractivity (Wildman–Crippen MR) is 78.8 cm³/mol. The molecule has 2 N–H and O–H groups in total. The standard InChI is InChI=1S/C16H24N2O2/c19-15-10-14(12-18-7-3-4-8-18)16(20)9-13(15)11-17-5-1-2-6-17/h9-10,19-20H,1-8,11-12H2. The van der Waals surface area contributed by atoms with Crippen LogP contribution in [0.15, 0.2) is 12.1 Å². The summed E-state index contributed by atoms with van der Waals surface area (Å²) in [6.45, 7) is 5.85. The van der Waals surface area contributed by atoms with Crippen LogP contribution in [0.5, 0.6) is 11.5 Å². The molecule has 20 heavy (non-hydrogen) atoms. The summed E-state index contributed by atoms with van der Waals surface area (Å²) in [5.41, 5.74) is 1.68. The molecule has 4 nitrogen and oxygen atoms in total. The molecule has 4 heteroatoms. The summed E-state index contributed by atoms with van der Waals surface area (Å²) in [7, 11) is 0. The van der Waals surface area contributed by atoms with Gasteiger partial charge in [-0.25, -0.2) is 0 Å². The summed E-state index contributed by atoms with van der Waals surface area (Å²) in [4.78, 5) is 4.66. The van der Waals surface area contributed by atoms with Crippen molar-refractivity contribution < 1.29 is 10.2 Å². The molecule has 0 aliphatic carbocycles. The topological polar surface area (TPSA) is 46.9 Å². The van der Waals surface area contributed by atoms with Crippen molar-refractivity contribution in [3.05, 3.63) is 23.3 Å². The van der Waals surface area contributed by atoms with E-state index >= 15 is 0 Å². The molecular weight excluding hydrogens is 252 g/mol. The van der Waals surface area contributed by atoms with Crippen LogP contribution in [0.2, 0.25) is 0 Å². The van der Waals surface area contributed by atoms with Crippen LogP contribution in [0.25, 0.3) is 0 Å². The van der Waals surface area contributed by atoms with E-state index in [1.165, 1.54) is 25.7 Å². The van der Waals surface area contributed by atoms with Crippen LogP contribution in [0, 0.1) is 0 Å². The lowest BCUT2D eigenvalue weighted by molar-refractivity contribution is 0.316. The van der Waals surface area contributed by atoms with E-state index < -0.39 is 0 Å². The molecule has 2 fully saturated rings. The molecule has 0 unspecified atom stereocenters. The zero-order valence-electron chi connectivity index (χ0n) is 12.0. The highest BCUT2D eigenvalue weighted by atomic mass is 16.3. The van der Waals surface area contributed by atoms with Gasteiger partial charge in [0.05, 0.1) is 0 Å². The maximum atomic E-state index is 10.2. The van der Waals surface area contributed by atoms with Crippen molar-refractivity contribution in [3.8, 4) is 11.5 Å². The van der Waals surface area contributed by atoms with Crippen molar-refractivity contribution in [1.29, 1.82) is 0 Å². The molecule has 2 saturated heterocycles. The first-order valence-corrected chi connectivity index (χ1v) is 7.71. The molecule has 0 saturated carbocycles. The largest absolute Gasteiger partial charge is 0.508 e. The SMILES string of the molecule is Oc1cc(CN2CCCC2)c(O)cc1CN1CCCC1. The van der Waals surface area contributed by atoms with Crippen LogP contribution in [0.3, 0.4) is 0 Å². The van der Waals surface area contributed by atoms with Gasteiger partial charge in [0, 0.05) is 24.2 Å². The Kier molecular flexibility index (Phi) is 4.13. The minimum Gasteiger partial charge on any atom is -0.508 e. The smallest absolute Gasteiger partial charge is 0.120 e. The molecule has 0 bridgehead atoms. The summed E-state index contributed by atoms with van der Waals surface area (Å²) in [6, 6.07) is 3.50. The Morgan fingerprint density at radius 2 is 1.05 bits per heavy atom. The van der Waals surface area contributed by atoms with Gasteiger partial charge >= 0.3 is 0 Å². The molecule has 0 spiro atoms. The van der Waals surface area contributed by atoms with Gasteiger partial charge in [0.2, 0.25) is 0 Å². The van der Waals surface area contributed by atoms with Gasteiger partial charge in [0.25, 0.3) is 0 Å². The zero-order valence-corrected chi connectivity index (χ0v) is 12.0. The van der Waals surface area contributed by atoms with E-state index in [0.717, 1.165) is 50.4 Å². The molecule has 0 radical (unpaired) electrons. The molecule has 1 aromatic carbocycles. The van der Waals surface area contributed by atoms with E-state index in [1.807, 2.05) is 0 Å². The van der Waals surface area contributed by atoms with E-state index in [2.05, 4.69) is 9.80 Å². The van der Waals surface area contributed by atoms with E-state index in [9.17, 15) is 10.2 Å². The van der Waals surface area contributed by atoms with Crippen molar-refractivity contribution in [2.45, 2.75) is 38.8 Å². The molecule has 3 rings (SSSR count). The lowest BCUT2D eigenvalue weighted by atomic mass is 10.1. The Bertz CT molecular complexity index is 420. The van der Waals surface area contributed by atoms with Gasteiger partial charge in [0.1, 0.15) is 11.5 Å². The third kappa shape index (κ3) is 3.07. The van der Waals surface area contributed by atoms with Crippen LogP contribution >= 0.6 is 0 Å². The van der Waals surface area contributed by atoms with Crippen LogP contribution in [-0.2, 0) is 13.1 Å². The third-order valence-corrected chi connectivity index (χ3v) is 4.47. The Morgan fingerprint density at radius 1 is 0.700 bits per heavy atom. The monoisotopic (exact) mass is 276 g/mol. The van der Waals surface area contributed by atoms with Gasteiger partial charge in [-0.3, -0.25) is 9.80 Å². The maximum Gasteiger partial charge on any atom is 0.120 e. The molecule has 0 atom stereocenters. The molecule has 2 aliphatic heterocycles. The molecule has 1 aromatic rings. The highest BCUT2D eigenvalue weighted by Crippen LogP contribution is 2.30. The molecule has 110 valence electrons. The zero-order chi connectivity index (χ0) is 13.9. The van der Waals surface area contributed by atoms with E-state index in [1.54, 1.807) is 12.1 Å². The molecule has 0 amide bonds. The first kappa shape index (κ1) is 13.7. The van der Waals surface area contributed by atoms with E-state index in [0.29, 0.717) is 11.5 Å². The van der Waals surface area contributed by atoms with Gasteiger partial charge in [-0.15, -0.1) is 0 Å². The summed E-state index contributed by atoms with van der Waals surface area (Å²) in [6.07, 6.45) is 4.94. The molecule has 2 aliphatic rings. The predicted octanol–water partition coefficient (Wildman–Crippen LogP) is 2.29. The van der Waals surface area contributed by atoms with Crippen molar-refractivity contribution in [3.63, 3.8) is 0 Å². The fourth-order valence-corrected chi connectivity index (χ4v) is 3.28. The second kappa shape index (κ2) is 6.02. The van der Waals surface area contributed by atoms with Gasteiger partial charge in [0.15, 0.2) is 0 Å². The Morgan fingerprint density at radius 3 is 1.40 bits per heavy atom. The minimum atomic E-state index is 0.323. The summed E-state index contributed by atoms with van der Waals surface area (Å²) in [5.74, 6) is 0.646. The number of aromatic hydroxyl groups is 2. The lowest BCUT2D eigenvalue weighted by Crippen LogP contribution is -2.19. The summed E-state index contributed by atoms with van der Waals surface area (Å²) < 4.78 is 0. The van der Waals surface area contributed by atoms with Crippen molar-refractivity contribution in [2.75, 3.05) is 26.2 Å². The normalized spacial score (nSPS) is 20.8. The van der Waals surface area contributed by atoms with Gasteiger partial charge < -0.3 is 10.2 Å². The molecule has 2 heterocycles. The van der Waals surface area contributed by atoms with Crippen molar-refractivity contribution in [2.24, 2.45) is 0 Å². The highest BCUT2D eigenvalue weighted by molar-refractivity contribution is 5.45. The van der Waals surface area contributed by atoms with E-state index in [-0.39, 0.29) is 0 Å². The van der Waals surface area contributed by atoms with Crippen molar-refractivity contribution >= 4 is 0 Å². The van der Waals surface area contributed by atoms with E-state index in [4.69, 9.17) is 0 Å². The second-order valence-electron chi connectivity index (χ2n) is 6.08. The van der Waals surface area contributed by atoms with Crippen molar-refractivity contribution in [1.82, 2.24) is 9.80 Å². The summed E-state index contributed by atoms with van der Waals surface area (Å²) >= 11 is 0. The van der Waals surface area contributed by atoms with Crippen LogP contribution in [0.1, 0.15) is 36.8 Å². The average molecular weight is 276 g/mol. The number of phenolic OH excluding ortho intramolecular Hbond substituents is 2. The quantitative estimate of drug-likeness (QED) is 0.828. The lowest BCUT2D eigenvalue weighted by Gasteiger charge is -2.19. The van der Waals surface area contributed by atoms with Crippen LogP contribution in [0.4, 0.5) is 0 Å². The van der Waals surface area contributed by atoms with Gasteiger partial charge in [-0.2, -0.15) is 0 Å². The average Bonchev–Trinajstić information content (AvgIpc) is 3.08. The minimum absolute atomic E-state index is 0.323. The number of hydrogen-bond donors (Lipinski definition) is 2. The number of likely N-dealkylation sites (tertiary alicyclic amines) is 2. The number of hydrogen-bond acceptors (Lipinski definition) is 4. The maximum absolute atomic E-state index is 10.2. The first-order valence-electron chi connectivity index (χ1n) is 7.71. The Labute approximate surface area is 120 Å². The number of benzene rings is 1. The van der Waals surface area contributed by atoms with Crippen LogP contribution in [-0.4, -0.2) is 46.2 Å². The first-order chi connectivity index (χ1) is 9.72. The Hall–Kier alpha value is -1.26. The fourth-order valence-electron chi connectivity index (χ4n) is 3.28. The van der Waals surface area contributed by atoms with Gasteiger partial charge in [-0.05, 0) is 64.0 Å². The fraction of sp³-hybridized carbons (Fsp3) is 0.625. The second-order valence-corrected chi connectivity index (χ2v) is 6.08. The number of rotatable bonds is 4. The highest BCUT2D eigenvalue weighted by Gasteiger charge is 2.18. The van der Waals surface area contributed by atoms with Crippen LogP contribution < -0.4 is 0 Å². The van der Waals surface area contributed by atoms with Gasteiger partial charge in [-0.1, -0.05) is 0 Å². The molecular formula is C16H24N2O2. The number of phenols is 2. The molecule has 0 aromatic heterocycles. The number of nitrogens with zero attached hydrogens (tertiary/aromatic N) is 2. The Balaban J connectivity index is 1.71.